The number of aromatic nitrogens is 2. The number of carbonyl (C=O) groups is 1. The summed E-state index contributed by atoms with van der Waals surface area (Å²) in [6, 6.07) is 8.46. The third-order valence-corrected chi connectivity index (χ3v) is 5.17. The normalized spacial score (nSPS) is 10.5. The molecule has 3 rings (SSSR count). The van der Waals surface area contributed by atoms with Gasteiger partial charge in [-0.25, -0.2) is 0 Å². The molecule has 10 heteroatoms. The van der Waals surface area contributed by atoms with Gasteiger partial charge in [-0.15, -0.1) is 10.2 Å². The summed E-state index contributed by atoms with van der Waals surface area (Å²) >= 11 is 1.13. The Hall–Kier alpha value is -3.40. The molecule has 0 spiro atoms. The maximum Gasteiger partial charge on any atom is 0.277 e. The van der Waals surface area contributed by atoms with Crippen LogP contribution in [0.2, 0.25) is 0 Å². The van der Waals surface area contributed by atoms with Crippen LogP contribution in [0.1, 0.15) is 10.4 Å². The molecule has 2 aromatic carbocycles. The molecule has 31 heavy (non-hydrogen) atoms. The molecule has 0 saturated carbocycles. The van der Waals surface area contributed by atoms with Crippen molar-refractivity contribution in [2.24, 2.45) is 0 Å². The van der Waals surface area contributed by atoms with Crippen LogP contribution in [-0.2, 0) is 0 Å². The smallest absolute Gasteiger partial charge is 0.277 e. The first kappa shape index (κ1) is 22.3. The van der Waals surface area contributed by atoms with Crippen molar-refractivity contribution in [1.82, 2.24) is 10.2 Å². The van der Waals surface area contributed by atoms with E-state index in [2.05, 4.69) is 10.2 Å². The molecular weight excluding hydrogens is 424 g/mol. The molecule has 0 amide bonds. The van der Waals surface area contributed by atoms with E-state index >= 15 is 0 Å². The van der Waals surface area contributed by atoms with E-state index in [4.69, 9.17) is 28.1 Å². The van der Waals surface area contributed by atoms with Crippen molar-refractivity contribution in [3.05, 3.63) is 35.9 Å². The minimum absolute atomic E-state index is 0.0837. The van der Waals surface area contributed by atoms with Crippen LogP contribution in [0, 0.1) is 0 Å². The van der Waals surface area contributed by atoms with Gasteiger partial charge in [0.1, 0.15) is 11.5 Å². The first-order valence-corrected chi connectivity index (χ1v) is 10.0. The van der Waals surface area contributed by atoms with Gasteiger partial charge in [0, 0.05) is 5.56 Å². The lowest BCUT2D eigenvalue weighted by Crippen LogP contribution is -2.05. The van der Waals surface area contributed by atoms with Crippen LogP contribution in [0.15, 0.2) is 40.0 Å². The van der Waals surface area contributed by atoms with E-state index in [0.717, 1.165) is 11.8 Å². The molecule has 0 aliphatic heterocycles. The van der Waals surface area contributed by atoms with Crippen LogP contribution < -0.4 is 23.7 Å². The Balaban J connectivity index is 1.77. The van der Waals surface area contributed by atoms with Crippen LogP contribution in [0.3, 0.4) is 0 Å². The second-order valence-electron chi connectivity index (χ2n) is 6.07. The van der Waals surface area contributed by atoms with Gasteiger partial charge in [-0.3, -0.25) is 4.79 Å². The molecule has 0 saturated heterocycles. The molecule has 0 unspecified atom stereocenters. The highest BCUT2D eigenvalue weighted by Crippen LogP contribution is 2.41. The number of thioether (sulfide) groups is 1. The van der Waals surface area contributed by atoms with Gasteiger partial charge >= 0.3 is 0 Å². The highest BCUT2D eigenvalue weighted by molar-refractivity contribution is 7.99. The number of methoxy groups -OCH3 is 5. The molecule has 0 fully saturated rings. The number of benzene rings is 2. The number of hydrogen-bond donors (Lipinski definition) is 0. The Labute approximate surface area is 183 Å². The summed E-state index contributed by atoms with van der Waals surface area (Å²) in [5.74, 6) is 2.60. The number of carbonyl (C=O) groups excluding carboxylic acids is 1. The molecule has 164 valence electrons. The Morgan fingerprint density at radius 3 is 2.13 bits per heavy atom. The van der Waals surface area contributed by atoms with Gasteiger partial charge in [-0.05, 0) is 30.3 Å². The summed E-state index contributed by atoms with van der Waals surface area (Å²) in [5, 5.41) is 8.32. The predicted molar refractivity (Wildman–Crippen MR) is 114 cm³/mol. The lowest BCUT2D eigenvalue weighted by Gasteiger charge is -2.12. The fraction of sp³-hybridized carbons (Fsp3) is 0.286. The quantitative estimate of drug-likeness (QED) is 0.338. The zero-order valence-corrected chi connectivity index (χ0v) is 18.6. The van der Waals surface area contributed by atoms with Crippen LogP contribution in [0.25, 0.3) is 11.5 Å². The van der Waals surface area contributed by atoms with Crippen molar-refractivity contribution in [2.45, 2.75) is 5.22 Å². The Morgan fingerprint density at radius 2 is 1.55 bits per heavy atom. The van der Waals surface area contributed by atoms with E-state index in [1.807, 2.05) is 0 Å². The highest BCUT2D eigenvalue weighted by atomic mass is 32.2. The number of ketones is 1. The standard InChI is InChI=1S/C21H22N2O7S/c1-25-13-6-7-16(26-2)14(10-13)15(24)11-31-21-23-22-20(30-21)12-8-17(27-3)19(29-5)18(9-12)28-4/h6-10H,11H2,1-5H3. The second kappa shape index (κ2) is 10.1. The highest BCUT2D eigenvalue weighted by Gasteiger charge is 2.19. The second-order valence-corrected chi connectivity index (χ2v) is 6.99. The van der Waals surface area contributed by atoms with Gasteiger partial charge in [-0.2, -0.15) is 0 Å². The van der Waals surface area contributed by atoms with E-state index in [0.29, 0.717) is 39.9 Å². The molecule has 1 heterocycles. The monoisotopic (exact) mass is 446 g/mol. The fourth-order valence-corrected chi connectivity index (χ4v) is 3.47. The first-order chi connectivity index (χ1) is 15.0. The van der Waals surface area contributed by atoms with Crippen molar-refractivity contribution >= 4 is 17.5 Å². The van der Waals surface area contributed by atoms with E-state index in [1.165, 1.54) is 35.5 Å². The summed E-state index contributed by atoms with van der Waals surface area (Å²) in [7, 11) is 7.61. The molecule has 0 bridgehead atoms. The Bertz CT molecular complexity index is 1040. The number of hydrogen-bond acceptors (Lipinski definition) is 10. The fourth-order valence-electron chi connectivity index (χ4n) is 2.83. The molecule has 0 atom stereocenters. The van der Waals surface area contributed by atoms with Gasteiger partial charge in [0.15, 0.2) is 17.3 Å². The van der Waals surface area contributed by atoms with Gasteiger partial charge in [0.2, 0.25) is 11.6 Å². The summed E-state index contributed by atoms with van der Waals surface area (Å²) < 4.78 is 32.2. The molecule has 0 aliphatic carbocycles. The average molecular weight is 446 g/mol. The van der Waals surface area contributed by atoms with Crippen molar-refractivity contribution < 1.29 is 32.9 Å². The van der Waals surface area contributed by atoms with E-state index in [1.54, 1.807) is 30.3 Å². The van der Waals surface area contributed by atoms with E-state index in [-0.39, 0.29) is 22.6 Å². The zero-order valence-electron chi connectivity index (χ0n) is 17.8. The van der Waals surface area contributed by atoms with Gasteiger partial charge in [-0.1, -0.05) is 11.8 Å². The predicted octanol–water partition coefficient (Wildman–Crippen LogP) is 3.75. The van der Waals surface area contributed by atoms with Crippen LogP contribution in [-0.4, -0.2) is 57.3 Å². The number of Topliss-reactive ketones (excluding diaryl/α,β-unsaturated/α-hetero) is 1. The molecule has 0 aliphatic rings. The minimum Gasteiger partial charge on any atom is -0.497 e. The molecule has 9 nitrogen and oxygen atoms in total. The van der Waals surface area contributed by atoms with Gasteiger partial charge in [0.05, 0.1) is 46.9 Å². The molecule has 1 aromatic heterocycles. The number of ether oxygens (including phenoxy) is 5. The lowest BCUT2D eigenvalue weighted by atomic mass is 10.1. The summed E-state index contributed by atoms with van der Waals surface area (Å²) in [6.07, 6.45) is 0. The zero-order chi connectivity index (χ0) is 22.4. The topological polar surface area (TPSA) is 102 Å². The number of nitrogens with zero attached hydrogens (tertiary/aromatic N) is 2. The van der Waals surface area contributed by atoms with Crippen LogP contribution in [0.4, 0.5) is 0 Å². The van der Waals surface area contributed by atoms with Crippen LogP contribution in [0.5, 0.6) is 28.7 Å². The SMILES string of the molecule is COc1ccc(OC)c(C(=O)CSc2nnc(-c3cc(OC)c(OC)c(OC)c3)o2)c1. The summed E-state index contributed by atoms with van der Waals surface area (Å²) in [4.78, 5) is 12.7. The average Bonchev–Trinajstić information content (AvgIpc) is 3.30. The van der Waals surface area contributed by atoms with Gasteiger partial charge < -0.3 is 28.1 Å². The summed E-state index contributed by atoms with van der Waals surface area (Å²) in [5.41, 5.74) is 1.01. The molecular formula is C21H22N2O7S. The van der Waals surface area contributed by atoms with Crippen molar-refractivity contribution in [3.63, 3.8) is 0 Å². The molecule has 0 radical (unpaired) electrons. The maximum atomic E-state index is 12.7. The minimum atomic E-state index is -0.159. The van der Waals surface area contributed by atoms with E-state index < -0.39 is 0 Å². The molecule has 0 N–H and O–H groups in total. The lowest BCUT2D eigenvalue weighted by molar-refractivity contribution is 0.101. The number of rotatable bonds is 10. The Morgan fingerprint density at radius 1 is 0.871 bits per heavy atom. The van der Waals surface area contributed by atoms with Crippen molar-refractivity contribution in [3.8, 4) is 40.2 Å². The van der Waals surface area contributed by atoms with Gasteiger partial charge in [0.25, 0.3) is 5.22 Å². The summed E-state index contributed by atoms with van der Waals surface area (Å²) in [6.45, 7) is 0. The van der Waals surface area contributed by atoms with E-state index in [9.17, 15) is 4.79 Å². The van der Waals surface area contributed by atoms with Crippen LogP contribution >= 0.6 is 11.8 Å². The first-order valence-electron chi connectivity index (χ1n) is 9.06. The third kappa shape index (κ3) is 4.85. The Kier molecular flexibility index (Phi) is 7.24. The van der Waals surface area contributed by atoms with Crippen molar-refractivity contribution in [2.75, 3.05) is 41.3 Å². The largest absolute Gasteiger partial charge is 0.497 e. The third-order valence-electron chi connectivity index (χ3n) is 4.35. The van der Waals surface area contributed by atoms with Crippen molar-refractivity contribution in [1.29, 1.82) is 0 Å². The maximum absolute atomic E-state index is 12.7. The molecule has 3 aromatic rings.